The molecule has 6 heteroatoms. The van der Waals surface area contributed by atoms with Crippen molar-refractivity contribution in [1.82, 2.24) is 20.2 Å². The zero-order valence-corrected chi connectivity index (χ0v) is 13.3. The summed E-state index contributed by atoms with van der Waals surface area (Å²) < 4.78 is 0. The first-order chi connectivity index (χ1) is 11.7. The van der Waals surface area contributed by atoms with Crippen molar-refractivity contribution < 1.29 is 4.79 Å². The maximum atomic E-state index is 11.7. The van der Waals surface area contributed by atoms with Gasteiger partial charge in [-0.1, -0.05) is 25.1 Å². The lowest BCUT2D eigenvalue weighted by Crippen LogP contribution is -2.10. The Morgan fingerprint density at radius 3 is 2.92 bits per heavy atom. The van der Waals surface area contributed by atoms with Gasteiger partial charge in [0, 0.05) is 17.5 Å². The first kappa shape index (κ1) is 14.4. The quantitative estimate of drug-likeness (QED) is 0.534. The second-order valence-corrected chi connectivity index (χ2v) is 5.73. The highest BCUT2D eigenvalue weighted by Gasteiger charge is 2.12. The number of rotatable bonds is 4. The van der Waals surface area contributed by atoms with Crippen LogP contribution in [0.5, 0.6) is 0 Å². The highest BCUT2D eigenvalue weighted by molar-refractivity contribution is 5.95. The predicted octanol–water partition coefficient (Wildman–Crippen LogP) is 3.84. The number of para-hydroxylation sites is 1. The fourth-order valence-electron chi connectivity index (χ4n) is 2.79. The number of imidazole rings is 1. The molecule has 0 saturated carbocycles. The van der Waals surface area contributed by atoms with Crippen molar-refractivity contribution in [2.24, 2.45) is 0 Å². The number of H-pyrrole nitrogens is 2. The third kappa shape index (κ3) is 2.52. The molecule has 2 heterocycles. The van der Waals surface area contributed by atoms with Gasteiger partial charge in [0.25, 0.3) is 0 Å². The number of aromatic nitrogens is 4. The molecule has 120 valence electrons. The van der Waals surface area contributed by atoms with Crippen LogP contribution in [0.2, 0.25) is 0 Å². The minimum absolute atomic E-state index is 0.0230. The van der Waals surface area contributed by atoms with Gasteiger partial charge in [0.15, 0.2) is 5.82 Å². The average molecular weight is 319 g/mol. The molecule has 0 fully saturated rings. The number of hydrogen-bond donors (Lipinski definition) is 3. The Bertz CT molecular complexity index is 1030. The van der Waals surface area contributed by atoms with Crippen LogP contribution in [0.1, 0.15) is 19.8 Å². The van der Waals surface area contributed by atoms with Crippen molar-refractivity contribution in [2.75, 3.05) is 5.32 Å². The van der Waals surface area contributed by atoms with Gasteiger partial charge in [0.05, 0.1) is 16.6 Å². The Kier molecular flexibility index (Phi) is 3.49. The molecule has 2 aromatic heterocycles. The number of nitrogens with zero attached hydrogens (tertiary/aromatic N) is 2. The van der Waals surface area contributed by atoms with Crippen LogP contribution in [0.25, 0.3) is 33.5 Å². The first-order valence-corrected chi connectivity index (χ1v) is 7.97. The minimum Gasteiger partial charge on any atom is -0.337 e. The largest absolute Gasteiger partial charge is 0.337 e. The maximum absolute atomic E-state index is 11.7. The Morgan fingerprint density at radius 2 is 2.04 bits per heavy atom. The van der Waals surface area contributed by atoms with Gasteiger partial charge in [0.1, 0.15) is 5.69 Å². The van der Waals surface area contributed by atoms with Crippen molar-refractivity contribution in [1.29, 1.82) is 0 Å². The van der Waals surface area contributed by atoms with Crippen LogP contribution >= 0.6 is 0 Å². The van der Waals surface area contributed by atoms with Gasteiger partial charge >= 0.3 is 0 Å². The number of carbonyl (C=O) groups is 1. The molecule has 0 aliphatic rings. The number of hydrogen-bond acceptors (Lipinski definition) is 3. The number of anilines is 1. The Hall–Kier alpha value is -3.15. The van der Waals surface area contributed by atoms with Crippen molar-refractivity contribution >= 4 is 33.5 Å². The van der Waals surface area contributed by atoms with Gasteiger partial charge in [-0.05, 0) is 30.7 Å². The summed E-state index contributed by atoms with van der Waals surface area (Å²) in [5, 5.41) is 11.3. The van der Waals surface area contributed by atoms with E-state index in [9.17, 15) is 4.79 Å². The molecular formula is C18H17N5O. The van der Waals surface area contributed by atoms with Crippen LogP contribution < -0.4 is 5.32 Å². The van der Waals surface area contributed by atoms with Crippen LogP contribution in [0.15, 0.2) is 42.5 Å². The lowest BCUT2D eigenvalue weighted by molar-refractivity contribution is -0.116. The Balaban J connectivity index is 1.72. The summed E-state index contributed by atoms with van der Waals surface area (Å²) in [5.74, 6) is 0.731. The summed E-state index contributed by atoms with van der Waals surface area (Å²) >= 11 is 0. The molecule has 0 spiro atoms. The van der Waals surface area contributed by atoms with Crippen LogP contribution in [0.4, 0.5) is 5.69 Å². The normalized spacial score (nSPS) is 11.2. The van der Waals surface area contributed by atoms with Crippen molar-refractivity contribution in [2.45, 2.75) is 19.8 Å². The van der Waals surface area contributed by atoms with Gasteiger partial charge in [0.2, 0.25) is 5.91 Å². The molecule has 6 nitrogen and oxygen atoms in total. The molecule has 1 amide bonds. The third-order valence-electron chi connectivity index (χ3n) is 3.94. The average Bonchev–Trinajstić information content (AvgIpc) is 3.18. The predicted molar refractivity (Wildman–Crippen MR) is 94.7 cm³/mol. The van der Waals surface area contributed by atoms with Crippen LogP contribution in [-0.4, -0.2) is 26.1 Å². The monoisotopic (exact) mass is 319 g/mol. The zero-order chi connectivity index (χ0) is 16.5. The van der Waals surface area contributed by atoms with Gasteiger partial charge in [-0.25, -0.2) is 4.98 Å². The van der Waals surface area contributed by atoms with E-state index in [1.807, 2.05) is 49.4 Å². The third-order valence-corrected chi connectivity index (χ3v) is 3.94. The molecule has 0 bridgehead atoms. The minimum atomic E-state index is 0.0230. The van der Waals surface area contributed by atoms with Gasteiger partial charge < -0.3 is 10.3 Å². The Morgan fingerprint density at radius 1 is 1.17 bits per heavy atom. The van der Waals surface area contributed by atoms with E-state index >= 15 is 0 Å². The number of fused-ring (bicyclic) bond motifs is 2. The molecular weight excluding hydrogens is 302 g/mol. The van der Waals surface area contributed by atoms with E-state index in [1.54, 1.807) is 0 Å². The summed E-state index contributed by atoms with van der Waals surface area (Å²) in [6, 6.07) is 13.6. The van der Waals surface area contributed by atoms with E-state index in [1.165, 1.54) is 0 Å². The van der Waals surface area contributed by atoms with Crippen LogP contribution in [-0.2, 0) is 4.79 Å². The van der Waals surface area contributed by atoms with Crippen molar-refractivity contribution in [3.8, 4) is 11.5 Å². The Labute approximate surface area is 138 Å². The summed E-state index contributed by atoms with van der Waals surface area (Å²) in [7, 11) is 0. The summed E-state index contributed by atoms with van der Waals surface area (Å²) in [6.07, 6.45) is 1.35. The van der Waals surface area contributed by atoms with E-state index in [0.29, 0.717) is 12.2 Å². The molecule has 0 unspecified atom stereocenters. The van der Waals surface area contributed by atoms with Crippen LogP contribution in [0, 0.1) is 0 Å². The molecule has 0 atom stereocenters. The number of carbonyl (C=O) groups excluding carboxylic acids is 1. The van der Waals surface area contributed by atoms with E-state index in [4.69, 9.17) is 0 Å². The molecule has 3 N–H and O–H groups in total. The van der Waals surface area contributed by atoms with Gasteiger partial charge in [-0.15, -0.1) is 0 Å². The van der Waals surface area contributed by atoms with E-state index in [-0.39, 0.29) is 5.91 Å². The molecule has 4 aromatic rings. The summed E-state index contributed by atoms with van der Waals surface area (Å²) in [5.41, 5.74) is 4.24. The zero-order valence-electron chi connectivity index (χ0n) is 13.3. The number of nitrogens with one attached hydrogen (secondary N) is 3. The molecule has 4 rings (SSSR count). The highest BCUT2D eigenvalue weighted by Crippen LogP contribution is 2.27. The fraction of sp³-hybridized carbons (Fsp3) is 0.167. The molecule has 24 heavy (non-hydrogen) atoms. The maximum Gasteiger partial charge on any atom is 0.224 e. The fourth-order valence-corrected chi connectivity index (χ4v) is 2.79. The van der Waals surface area contributed by atoms with Gasteiger partial charge in [-0.3, -0.25) is 9.89 Å². The van der Waals surface area contributed by atoms with E-state index in [2.05, 4.69) is 25.5 Å². The SMILES string of the molecule is CCCC(=O)Nc1ccc2nc(-c3n[nH]c4ccccc34)[nH]c2c1. The lowest BCUT2D eigenvalue weighted by Gasteiger charge is -2.03. The number of benzene rings is 2. The van der Waals surface area contributed by atoms with Crippen molar-refractivity contribution in [3.05, 3.63) is 42.5 Å². The number of aromatic amines is 2. The summed E-state index contributed by atoms with van der Waals surface area (Å²) in [4.78, 5) is 19.6. The van der Waals surface area contributed by atoms with E-state index < -0.39 is 0 Å². The number of amides is 1. The molecule has 0 radical (unpaired) electrons. The topological polar surface area (TPSA) is 86.5 Å². The molecule has 2 aromatic carbocycles. The standard InChI is InChI=1S/C18H17N5O/c1-2-5-16(24)19-11-8-9-14-15(10-11)21-18(20-14)17-12-6-3-4-7-13(12)22-23-17/h3-4,6-10H,2,5H2,1H3,(H,19,24)(H,20,21)(H,22,23). The summed E-state index contributed by atoms with van der Waals surface area (Å²) in [6.45, 7) is 1.98. The molecule has 0 aliphatic carbocycles. The van der Waals surface area contributed by atoms with Crippen molar-refractivity contribution in [3.63, 3.8) is 0 Å². The first-order valence-electron chi connectivity index (χ1n) is 7.97. The van der Waals surface area contributed by atoms with Gasteiger partial charge in [-0.2, -0.15) is 5.10 Å². The highest BCUT2D eigenvalue weighted by atomic mass is 16.1. The molecule has 0 aliphatic heterocycles. The second-order valence-electron chi connectivity index (χ2n) is 5.73. The molecule has 0 saturated heterocycles. The van der Waals surface area contributed by atoms with Crippen LogP contribution in [0.3, 0.4) is 0 Å². The lowest BCUT2D eigenvalue weighted by atomic mass is 10.2. The second kappa shape index (κ2) is 5.81. The van der Waals surface area contributed by atoms with E-state index in [0.717, 1.165) is 39.7 Å². The smallest absolute Gasteiger partial charge is 0.224 e.